The number of hydrogen-bond donors (Lipinski definition) is 4. The van der Waals surface area contributed by atoms with Crippen LogP contribution in [0.5, 0.6) is 0 Å². The first kappa shape index (κ1) is 24.6. The Bertz CT molecular complexity index is 754. The van der Waals surface area contributed by atoms with Crippen LogP contribution in [-0.2, 0) is 20.2 Å². The van der Waals surface area contributed by atoms with Crippen molar-refractivity contribution >= 4 is 58.0 Å². The fourth-order valence-electron chi connectivity index (χ4n) is 1.58. The SMILES string of the molecule is O=S(=O)([O-])C1(O)C=CC(O)=CC1.O=S(=O)([O-])C1(O)C=CC(O)=CC1.[Ca+2]. The van der Waals surface area contributed by atoms with Crippen LogP contribution in [0.4, 0.5) is 0 Å². The Balaban J connectivity index is 0.000000443. The summed E-state index contributed by atoms with van der Waals surface area (Å²) in [6, 6.07) is 0. The second-order valence-corrected chi connectivity index (χ2v) is 8.16. The molecule has 0 bridgehead atoms. The first-order valence-corrected chi connectivity index (χ1v) is 9.04. The van der Waals surface area contributed by atoms with E-state index in [1.54, 1.807) is 0 Å². The molecule has 0 aromatic rings. The molecule has 0 amide bonds. The Morgan fingerprint density at radius 1 is 0.800 bits per heavy atom. The molecule has 0 aromatic carbocycles. The van der Waals surface area contributed by atoms with E-state index < -0.39 is 42.9 Å². The van der Waals surface area contributed by atoms with E-state index >= 15 is 0 Å². The molecule has 0 heterocycles. The van der Waals surface area contributed by atoms with E-state index in [1.165, 1.54) is 0 Å². The molecule has 2 rings (SSSR count). The van der Waals surface area contributed by atoms with Crippen LogP contribution >= 0.6 is 0 Å². The zero-order valence-corrected chi connectivity index (χ0v) is 16.5. The van der Waals surface area contributed by atoms with E-state index in [2.05, 4.69) is 0 Å². The van der Waals surface area contributed by atoms with Crippen molar-refractivity contribution in [3.8, 4) is 0 Å². The van der Waals surface area contributed by atoms with Gasteiger partial charge in [-0.15, -0.1) is 0 Å². The van der Waals surface area contributed by atoms with Gasteiger partial charge in [0.05, 0.1) is 0 Å². The molecule has 10 nitrogen and oxygen atoms in total. The molecule has 0 saturated carbocycles. The van der Waals surface area contributed by atoms with Crippen molar-refractivity contribution in [1.82, 2.24) is 0 Å². The van der Waals surface area contributed by atoms with E-state index in [0.717, 1.165) is 36.5 Å². The number of hydrogen-bond acceptors (Lipinski definition) is 10. The van der Waals surface area contributed by atoms with Crippen LogP contribution < -0.4 is 0 Å². The Morgan fingerprint density at radius 3 is 1.24 bits per heavy atom. The zero-order valence-electron chi connectivity index (χ0n) is 12.6. The normalized spacial score (nSPS) is 28.8. The second kappa shape index (κ2) is 8.50. The van der Waals surface area contributed by atoms with E-state index in [-0.39, 0.29) is 49.3 Å². The summed E-state index contributed by atoms with van der Waals surface area (Å²) in [6.07, 6.45) is 4.78. The van der Waals surface area contributed by atoms with Gasteiger partial charge >= 0.3 is 37.7 Å². The third kappa shape index (κ3) is 6.34. The average molecular weight is 422 g/mol. The molecular formula is C12H14CaO10S2. The summed E-state index contributed by atoms with van der Waals surface area (Å²) in [5.41, 5.74) is 0. The molecule has 0 aromatic heterocycles. The average Bonchev–Trinajstić information content (AvgIpc) is 2.44. The molecule has 136 valence electrons. The number of aliphatic hydroxyl groups is 4. The van der Waals surface area contributed by atoms with Gasteiger partial charge in [-0.1, -0.05) is 0 Å². The monoisotopic (exact) mass is 422 g/mol. The summed E-state index contributed by atoms with van der Waals surface area (Å²) < 4.78 is 62.7. The largest absolute Gasteiger partial charge is 2.00 e. The Morgan fingerprint density at radius 2 is 1.08 bits per heavy atom. The molecule has 2 aliphatic rings. The molecule has 0 aliphatic heterocycles. The molecular weight excluding hydrogens is 408 g/mol. The van der Waals surface area contributed by atoms with Crippen LogP contribution in [0.3, 0.4) is 0 Å². The van der Waals surface area contributed by atoms with Crippen LogP contribution in [0.2, 0.25) is 0 Å². The molecule has 25 heavy (non-hydrogen) atoms. The van der Waals surface area contributed by atoms with Crippen LogP contribution in [0, 0.1) is 0 Å². The molecule has 2 atom stereocenters. The van der Waals surface area contributed by atoms with Gasteiger partial charge in [0.25, 0.3) is 0 Å². The minimum atomic E-state index is -4.79. The van der Waals surface area contributed by atoms with E-state index in [1.807, 2.05) is 0 Å². The Labute approximate surface area is 174 Å². The van der Waals surface area contributed by atoms with Gasteiger partial charge in [-0.2, -0.15) is 0 Å². The van der Waals surface area contributed by atoms with Gasteiger partial charge in [0.1, 0.15) is 31.8 Å². The maximum atomic E-state index is 10.4. The third-order valence-electron chi connectivity index (χ3n) is 3.10. The summed E-state index contributed by atoms with van der Waals surface area (Å²) in [4.78, 5) is -4.81. The molecule has 2 unspecified atom stereocenters. The summed E-state index contributed by atoms with van der Waals surface area (Å²) in [5, 5.41) is 35.9. The Hall–Kier alpha value is -0.440. The van der Waals surface area contributed by atoms with Crippen molar-refractivity contribution in [2.75, 3.05) is 0 Å². The maximum Gasteiger partial charge on any atom is 2.00 e. The van der Waals surface area contributed by atoms with Crippen molar-refractivity contribution < 1.29 is 46.4 Å². The first-order valence-electron chi connectivity index (χ1n) is 6.22. The van der Waals surface area contributed by atoms with Crippen molar-refractivity contribution in [1.29, 1.82) is 0 Å². The fraction of sp³-hybridized carbons (Fsp3) is 0.333. The van der Waals surface area contributed by atoms with Crippen LogP contribution in [-0.4, -0.2) is 94.0 Å². The van der Waals surface area contributed by atoms with Crippen molar-refractivity contribution in [3.63, 3.8) is 0 Å². The quantitative estimate of drug-likeness (QED) is 0.312. The fourth-order valence-corrected chi connectivity index (χ4v) is 2.62. The molecule has 4 N–H and O–H groups in total. The second-order valence-electron chi connectivity index (χ2n) is 4.93. The predicted molar refractivity (Wildman–Crippen MR) is 84.0 cm³/mol. The topological polar surface area (TPSA) is 195 Å². The minimum Gasteiger partial charge on any atom is -0.745 e. The van der Waals surface area contributed by atoms with Crippen LogP contribution in [0.1, 0.15) is 12.8 Å². The van der Waals surface area contributed by atoms with E-state index in [9.17, 15) is 36.2 Å². The van der Waals surface area contributed by atoms with E-state index in [0.29, 0.717) is 0 Å². The van der Waals surface area contributed by atoms with E-state index in [4.69, 9.17) is 10.2 Å². The van der Waals surface area contributed by atoms with Gasteiger partial charge in [0.15, 0.2) is 9.87 Å². The molecule has 0 fully saturated rings. The van der Waals surface area contributed by atoms with Crippen molar-refractivity contribution in [3.05, 3.63) is 48.0 Å². The van der Waals surface area contributed by atoms with Gasteiger partial charge in [0, 0.05) is 12.8 Å². The van der Waals surface area contributed by atoms with Crippen LogP contribution in [0.15, 0.2) is 48.0 Å². The number of aliphatic hydroxyl groups excluding tert-OH is 2. The van der Waals surface area contributed by atoms with Gasteiger partial charge in [-0.3, -0.25) is 0 Å². The first-order chi connectivity index (χ1) is 10.7. The van der Waals surface area contributed by atoms with Gasteiger partial charge in [0.2, 0.25) is 0 Å². The number of rotatable bonds is 2. The van der Waals surface area contributed by atoms with Crippen molar-refractivity contribution in [2.24, 2.45) is 0 Å². The van der Waals surface area contributed by atoms with Gasteiger partial charge < -0.3 is 29.5 Å². The van der Waals surface area contributed by atoms with Gasteiger partial charge in [-0.25, -0.2) is 16.8 Å². The van der Waals surface area contributed by atoms with Gasteiger partial charge in [-0.05, 0) is 36.5 Å². The smallest absolute Gasteiger partial charge is 0.745 e. The molecule has 2 aliphatic carbocycles. The number of allylic oxidation sites excluding steroid dienone is 2. The summed E-state index contributed by atoms with van der Waals surface area (Å²) >= 11 is 0. The maximum absolute atomic E-state index is 10.4. The predicted octanol–water partition coefficient (Wildman–Crippen LogP) is -1.14. The summed E-state index contributed by atoms with van der Waals surface area (Å²) in [6.45, 7) is 0. The summed E-state index contributed by atoms with van der Waals surface area (Å²) in [5.74, 6) is -0.327. The molecule has 0 saturated heterocycles. The minimum absolute atomic E-state index is 0. The standard InChI is InChI=1S/2C6H8O5S.Ca/c2*7-5-1-3-6(8,4-2-5)12(9,10)11;/h2*1-3,7-8H,4H2,(H,9,10,11);/q;;+2/p-2. The molecule has 0 spiro atoms. The summed E-state index contributed by atoms with van der Waals surface area (Å²) in [7, 11) is -9.57. The zero-order chi connectivity index (χ0) is 18.8. The molecule has 13 heteroatoms. The van der Waals surface area contributed by atoms with Crippen molar-refractivity contribution in [2.45, 2.75) is 22.7 Å². The third-order valence-corrected chi connectivity index (χ3v) is 5.44. The Kier molecular flexibility index (Phi) is 8.35. The van der Waals surface area contributed by atoms with Crippen LogP contribution in [0.25, 0.3) is 0 Å². The molecule has 0 radical (unpaired) electrons.